The fourth-order valence-corrected chi connectivity index (χ4v) is 3.06. The molecule has 2 N–H and O–H groups in total. The fourth-order valence-electron chi connectivity index (χ4n) is 3.06. The Labute approximate surface area is 157 Å². The monoisotopic (exact) mass is 353 g/mol. The summed E-state index contributed by atoms with van der Waals surface area (Å²) in [5, 5.41) is 11.8. The molecule has 0 aliphatic carbocycles. The Morgan fingerprint density at radius 1 is 0.815 bits per heavy atom. The predicted molar refractivity (Wildman–Crippen MR) is 112 cm³/mol. The lowest BCUT2D eigenvalue weighted by Gasteiger charge is -2.07. The number of hydrogen-bond donors (Lipinski definition) is 2. The first-order valence-corrected chi connectivity index (χ1v) is 8.82. The Balaban J connectivity index is 1.37. The highest BCUT2D eigenvalue weighted by Gasteiger charge is 2.01. The van der Waals surface area contributed by atoms with Crippen molar-refractivity contribution in [3.8, 4) is 0 Å². The molecule has 0 spiro atoms. The molecule has 4 aromatic carbocycles. The van der Waals surface area contributed by atoms with Gasteiger partial charge in [0.25, 0.3) is 5.91 Å². The van der Waals surface area contributed by atoms with E-state index in [-0.39, 0.29) is 12.5 Å². The second-order valence-electron chi connectivity index (χ2n) is 6.28. The van der Waals surface area contributed by atoms with Crippen LogP contribution in [0.3, 0.4) is 0 Å². The maximum atomic E-state index is 12.0. The van der Waals surface area contributed by atoms with Gasteiger partial charge < -0.3 is 5.32 Å². The van der Waals surface area contributed by atoms with Crippen LogP contribution in [0.5, 0.6) is 0 Å². The first kappa shape index (κ1) is 16.8. The molecule has 0 saturated heterocycles. The number of carbonyl (C=O) groups is 1. The Morgan fingerprint density at radius 2 is 1.56 bits per heavy atom. The molecule has 0 aliphatic heterocycles. The van der Waals surface area contributed by atoms with Gasteiger partial charge in [0, 0.05) is 11.3 Å². The zero-order chi connectivity index (χ0) is 18.5. The predicted octanol–water partition coefficient (Wildman–Crippen LogP) is 4.56. The maximum Gasteiger partial charge on any atom is 0.259 e. The molecule has 132 valence electrons. The van der Waals surface area contributed by atoms with Gasteiger partial charge in [0.05, 0.1) is 12.8 Å². The molecule has 0 radical (unpaired) electrons. The lowest BCUT2D eigenvalue weighted by molar-refractivity contribution is -0.119. The van der Waals surface area contributed by atoms with Gasteiger partial charge in [0.15, 0.2) is 0 Å². The molecule has 0 fully saturated rings. The van der Waals surface area contributed by atoms with Crippen molar-refractivity contribution in [1.82, 2.24) is 5.43 Å². The molecule has 4 heteroatoms. The highest BCUT2D eigenvalue weighted by Crippen LogP contribution is 2.18. The Bertz CT molecular complexity index is 1130. The van der Waals surface area contributed by atoms with Crippen LogP contribution in [-0.2, 0) is 4.79 Å². The molecule has 0 bridgehead atoms. The SMILES string of the molecule is O=C(CNc1ccc2ccccc2c1)NN=Cc1cccc2ccccc12. The summed E-state index contributed by atoms with van der Waals surface area (Å²) in [5.74, 6) is -0.195. The number of nitrogens with zero attached hydrogens (tertiary/aromatic N) is 1. The van der Waals surface area contributed by atoms with E-state index < -0.39 is 0 Å². The minimum atomic E-state index is -0.195. The van der Waals surface area contributed by atoms with Gasteiger partial charge in [-0.25, -0.2) is 5.43 Å². The van der Waals surface area contributed by atoms with Gasteiger partial charge in [-0.15, -0.1) is 0 Å². The highest BCUT2D eigenvalue weighted by molar-refractivity contribution is 6.00. The second kappa shape index (κ2) is 7.70. The summed E-state index contributed by atoms with van der Waals surface area (Å²) in [6, 6.07) is 28.3. The van der Waals surface area contributed by atoms with E-state index in [0.717, 1.165) is 27.4 Å². The molecule has 0 unspecified atom stereocenters. The van der Waals surface area contributed by atoms with E-state index in [0.29, 0.717) is 0 Å². The Hall–Kier alpha value is -3.66. The van der Waals surface area contributed by atoms with Gasteiger partial charge in [-0.1, -0.05) is 72.8 Å². The normalized spacial score (nSPS) is 11.1. The van der Waals surface area contributed by atoms with Crippen LogP contribution in [0.1, 0.15) is 5.56 Å². The molecule has 1 amide bonds. The second-order valence-corrected chi connectivity index (χ2v) is 6.28. The summed E-state index contributed by atoms with van der Waals surface area (Å²) in [6.07, 6.45) is 1.68. The highest BCUT2D eigenvalue weighted by atomic mass is 16.2. The van der Waals surface area contributed by atoms with Crippen molar-refractivity contribution >= 4 is 39.4 Å². The Morgan fingerprint density at radius 3 is 2.44 bits per heavy atom. The lowest BCUT2D eigenvalue weighted by Crippen LogP contribution is -2.25. The van der Waals surface area contributed by atoms with Crippen LogP contribution < -0.4 is 10.7 Å². The van der Waals surface area contributed by atoms with E-state index in [1.54, 1.807) is 6.21 Å². The third-order valence-corrected chi connectivity index (χ3v) is 4.42. The first-order valence-electron chi connectivity index (χ1n) is 8.82. The Kier molecular flexibility index (Phi) is 4.79. The summed E-state index contributed by atoms with van der Waals surface area (Å²) in [7, 11) is 0. The zero-order valence-corrected chi connectivity index (χ0v) is 14.7. The number of amides is 1. The van der Waals surface area contributed by atoms with Crippen LogP contribution in [0.25, 0.3) is 21.5 Å². The van der Waals surface area contributed by atoms with E-state index in [1.807, 2.05) is 60.7 Å². The van der Waals surface area contributed by atoms with Crippen LogP contribution in [0.2, 0.25) is 0 Å². The number of carbonyl (C=O) groups excluding carboxylic acids is 1. The summed E-state index contributed by atoms with van der Waals surface area (Å²) >= 11 is 0. The van der Waals surface area contributed by atoms with E-state index >= 15 is 0 Å². The van der Waals surface area contributed by atoms with E-state index in [1.165, 1.54) is 5.39 Å². The number of fused-ring (bicyclic) bond motifs is 2. The number of nitrogens with one attached hydrogen (secondary N) is 2. The quantitative estimate of drug-likeness (QED) is 0.408. The summed E-state index contributed by atoms with van der Waals surface area (Å²) in [5.41, 5.74) is 4.44. The third-order valence-electron chi connectivity index (χ3n) is 4.42. The molecule has 0 heterocycles. The molecule has 0 atom stereocenters. The van der Waals surface area contributed by atoms with Crippen LogP contribution in [-0.4, -0.2) is 18.7 Å². The summed E-state index contributed by atoms with van der Waals surface area (Å²) in [6.45, 7) is 0.158. The smallest absolute Gasteiger partial charge is 0.259 e. The van der Waals surface area contributed by atoms with Crippen LogP contribution >= 0.6 is 0 Å². The maximum absolute atomic E-state index is 12.0. The van der Waals surface area contributed by atoms with Crippen molar-refractivity contribution in [3.05, 3.63) is 90.5 Å². The van der Waals surface area contributed by atoms with Crippen LogP contribution in [0.15, 0.2) is 90.0 Å². The summed E-state index contributed by atoms with van der Waals surface area (Å²) < 4.78 is 0. The average Bonchev–Trinajstić information content (AvgIpc) is 2.72. The van der Waals surface area contributed by atoms with Gasteiger partial charge in [-0.05, 0) is 33.7 Å². The zero-order valence-electron chi connectivity index (χ0n) is 14.7. The minimum absolute atomic E-state index is 0.158. The largest absolute Gasteiger partial charge is 0.376 e. The first-order chi connectivity index (χ1) is 13.3. The molecule has 4 rings (SSSR count). The van der Waals surface area contributed by atoms with E-state index in [4.69, 9.17) is 0 Å². The number of anilines is 1. The van der Waals surface area contributed by atoms with Crippen molar-refractivity contribution in [2.24, 2.45) is 5.10 Å². The molecular formula is C23H19N3O. The molecule has 0 aliphatic rings. The lowest BCUT2D eigenvalue weighted by atomic mass is 10.1. The van der Waals surface area contributed by atoms with E-state index in [9.17, 15) is 4.79 Å². The molecule has 4 aromatic rings. The number of benzene rings is 4. The number of hydrogen-bond acceptors (Lipinski definition) is 3. The third kappa shape index (κ3) is 3.96. The minimum Gasteiger partial charge on any atom is -0.376 e. The van der Waals surface area contributed by atoms with Crippen molar-refractivity contribution in [2.45, 2.75) is 0 Å². The fraction of sp³-hybridized carbons (Fsp3) is 0.0435. The van der Waals surface area contributed by atoms with Crippen LogP contribution in [0, 0.1) is 0 Å². The van der Waals surface area contributed by atoms with Crippen molar-refractivity contribution in [1.29, 1.82) is 0 Å². The molecule has 27 heavy (non-hydrogen) atoms. The topological polar surface area (TPSA) is 53.5 Å². The molecular weight excluding hydrogens is 334 g/mol. The van der Waals surface area contributed by atoms with Gasteiger partial charge in [-0.3, -0.25) is 4.79 Å². The molecule has 0 saturated carbocycles. The van der Waals surface area contributed by atoms with Gasteiger partial charge in [0.2, 0.25) is 0 Å². The van der Waals surface area contributed by atoms with Crippen LogP contribution in [0.4, 0.5) is 5.69 Å². The summed E-state index contributed by atoms with van der Waals surface area (Å²) in [4.78, 5) is 12.0. The standard InChI is InChI=1S/C23H19N3O/c27-23(16-24-21-13-12-17-6-1-2-8-19(17)14-21)26-25-15-20-10-5-9-18-7-3-4-11-22(18)20/h1-15,24H,16H2,(H,26,27). The molecule has 4 nitrogen and oxygen atoms in total. The number of rotatable bonds is 5. The van der Waals surface area contributed by atoms with Crippen molar-refractivity contribution in [3.63, 3.8) is 0 Å². The van der Waals surface area contributed by atoms with Crippen molar-refractivity contribution < 1.29 is 4.79 Å². The molecule has 0 aromatic heterocycles. The van der Waals surface area contributed by atoms with Gasteiger partial charge in [-0.2, -0.15) is 5.10 Å². The van der Waals surface area contributed by atoms with E-state index in [2.05, 4.69) is 40.1 Å². The number of hydrazone groups is 1. The van der Waals surface area contributed by atoms with Gasteiger partial charge in [0.1, 0.15) is 0 Å². The van der Waals surface area contributed by atoms with Gasteiger partial charge >= 0.3 is 0 Å². The van der Waals surface area contributed by atoms with Crippen molar-refractivity contribution in [2.75, 3.05) is 11.9 Å². The average molecular weight is 353 g/mol.